The molecule has 1 aliphatic rings. The van der Waals surface area contributed by atoms with Gasteiger partial charge in [0.1, 0.15) is 0 Å². The number of rotatable bonds is 6. The van der Waals surface area contributed by atoms with Gasteiger partial charge >= 0.3 is 0 Å². The van der Waals surface area contributed by atoms with Crippen LogP contribution >= 0.6 is 0 Å². The zero-order valence-corrected chi connectivity index (χ0v) is 10.7. The molecule has 0 unspecified atom stereocenters. The lowest BCUT2D eigenvalue weighted by molar-refractivity contribution is 0.0380. The van der Waals surface area contributed by atoms with E-state index in [1.165, 1.54) is 0 Å². The molecule has 0 aliphatic carbocycles. The van der Waals surface area contributed by atoms with Crippen LogP contribution in [-0.2, 0) is 4.74 Å². The van der Waals surface area contributed by atoms with E-state index in [0.717, 1.165) is 45.0 Å². The van der Waals surface area contributed by atoms with Crippen LogP contribution in [0.3, 0.4) is 0 Å². The number of nitrogens with zero attached hydrogens (tertiary/aromatic N) is 1. The Balaban J connectivity index is 1.60. The summed E-state index contributed by atoms with van der Waals surface area (Å²) in [6.45, 7) is 6.24. The SMILES string of the molecule is O[C@@H](CNCCN1CCOCC1)c1ccccc1. The summed E-state index contributed by atoms with van der Waals surface area (Å²) in [6.07, 6.45) is -0.420. The van der Waals surface area contributed by atoms with Gasteiger partial charge in [0.25, 0.3) is 0 Å². The largest absolute Gasteiger partial charge is 0.387 e. The third-order valence-corrected chi connectivity index (χ3v) is 3.23. The second-order valence-corrected chi connectivity index (χ2v) is 4.58. The monoisotopic (exact) mass is 250 g/mol. The molecular weight excluding hydrogens is 228 g/mol. The summed E-state index contributed by atoms with van der Waals surface area (Å²) in [7, 11) is 0. The van der Waals surface area contributed by atoms with Gasteiger partial charge < -0.3 is 15.2 Å². The Morgan fingerprint density at radius 3 is 2.67 bits per heavy atom. The van der Waals surface area contributed by atoms with Gasteiger partial charge in [-0.15, -0.1) is 0 Å². The third kappa shape index (κ3) is 4.38. The first-order chi connectivity index (χ1) is 8.86. The number of morpholine rings is 1. The number of ether oxygens (including phenoxy) is 1. The topological polar surface area (TPSA) is 44.7 Å². The van der Waals surface area contributed by atoms with Crippen LogP contribution < -0.4 is 5.32 Å². The number of aliphatic hydroxyl groups is 1. The molecule has 0 aromatic heterocycles. The highest BCUT2D eigenvalue weighted by Gasteiger charge is 2.10. The van der Waals surface area contributed by atoms with Gasteiger partial charge in [0.2, 0.25) is 0 Å². The molecule has 1 atom stereocenters. The molecule has 4 heteroatoms. The smallest absolute Gasteiger partial charge is 0.0914 e. The summed E-state index contributed by atoms with van der Waals surface area (Å²) in [5, 5.41) is 13.3. The van der Waals surface area contributed by atoms with E-state index in [2.05, 4.69) is 10.2 Å². The number of benzene rings is 1. The summed E-state index contributed by atoms with van der Waals surface area (Å²) in [6, 6.07) is 9.77. The predicted octanol–water partition coefficient (Wildman–Crippen LogP) is 0.642. The average Bonchev–Trinajstić information content (AvgIpc) is 2.45. The Labute approximate surface area is 109 Å². The van der Waals surface area contributed by atoms with E-state index in [-0.39, 0.29) is 0 Å². The molecule has 18 heavy (non-hydrogen) atoms. The van der Waals surface area contributed by atoms with Crippen molar-refractivity contribution in [2.75, 3.05) is 45.9 Å². The third-order valence-electron chi connectivity index (χ3n) is 3.23. The van der Waals surface area contributed by atoms with Gasteiger partial charge in [-0.25, -0.2) is 0 Å². The first-order valence-electron chi connectivity index (χ1n) is 6.60. The highest BCUT2D eigenvalue weighted by Crippen LogP contribution is 2.10. The molecule has 0 saturated carbocycles. The van der Waals surface area contributed by atoms with Crippen LogP contribution in [-0.4, -0.2) is 55.9 Å². The van der Waals surface area contributed by atoms with Crippen LogP contribution in [0.1, 0.15) is 11.7 Å². The van der Waals surface area contributed by atoms with Crippen LogP contribution in [0, 0.1) is 0 Å². The van der Waals surface area contributed by atoms with Crippen molar-refractivity contribution in [1.82, 2.24) is 10.2 Å². The molecule has 2 N–H and O–H groups in total. The molecule has 1 fully saturated rings. The van der Waals surface area contributed by atoms with Gasteiger partial charge in [0, 0.05) is 32.7 Å². The molecule has 0 amide bonds. The van der Waals surface area contributed by atoms with Crippen molar-refractivity contribution in [3.05, 3.63) is 35.9 Å². The molecule has 1 aromatic rings. The van der Waals surface area contributed by atoms with Crippen LogP contribution in [0.15, 0.2) is 30.3 Å². The Morgan fingerprint density at radius 2 is 1.94 bits per heavy atom. The number of hydrogen-bond acceptors (Lipinski definition) is 4. The van der Waals surface area contributed by atoms with Crippen LogP contribution in [0.25, 0.3) is 0 Å². The van der Waals surface area contributed by atoms with Crippen molar-refractivity contribution in [3.8, 4) is 0 Å². The van der Waals surface area contributed by atoms with Gasteiger partial charge in [0.15, 0.2) is 0 Å². The van der Waals surface area contributed by atoms with E-state index >= 15 is 0 Å². The Bertz CT molecular complexity index is 326. The van der Waals surface area contributed by atoms with E-state index in [1.54, 1.807) is 0 Å². The molecule has 100 valence electrons. The summed E-state index contributed by atoms with van der Waals surface area (Å²) < 4.78 is 5.30. The molecule has 0 spiro atoms. The predicted molar refractivity (Wildman–Crippen MR) is 71.5 cm³/mol. The quantitative estimate of drug-likeness (QED) is 0.727. The highest BCUT2D eigenvalue weighted by atomic mass is 16.5. The normalized spacial score (nSPS) is 18.7. The van der Waals surface area contributed by atoms with E-state index in [4.69, 9.17) is 4.74 Å². The maximum atomic E-state index is 9.96. The standard InChI is InChI=1S/C14H22N2O2/c17-14(13-4-2-1-3-5-13)12-15-6-7-16-8-10-18-11-9-16/h1-5,14-15,17H,6-12H2/t14-/m0/s1. The highest BCUT2D eigenvalue weighted by molar-refractivity contribution is 5.17. The summed E-state index contributed by atoms with van der Waals surface area (Å²) in [5.74, 6) is 0. The van der Waals surface area contributed by atoms with Crippen molar-refractivity contribution in [2.45, 2.75) is 6.10 Å². The maximum Gasteiger partial charge on any atom is 0.0914 e. The minimum absolute atomic E-state index is 0.420. The van der Waals surface area contributed by atoms with E-state index in [9.17, 15) is 5.11 Å². The van der Waals surface area contributed by atoms with Gasteiger partial charge in [-0.1, -0.05) is 30.3 Å². The summed E-state index contributed by atoms with van der Waals surface area (Å²) in [4.78, 5) is 2.38. The summed E-state index contributed by atoms with van der Waals surface area (Å²) >= 11 is 0. The molecule has 1 saturated heterocycles. The molecule has 0 bridgehead atoms. The van der Waals surface area contributed by atoms with Crippen molar-refractivity contribution in [1.29, 1.82) is 0 Å². The van der Waals surface area contributed by atoms with Crippen molar-refractivity contribution in [3.63, 3.8) is 0 Å². The first-order valence-corrected chi connectivity index (χ1v) is 6.60. The average molecular weight is 250 g/mol. The molecule has 4 nitrogen and oxygen atoms in total. The first kappa shape index (κ1) is 13.5. The molecule has 0 radical (unpaired) electrons. The number of nitrogens with one attached hydrogen (secondary N) is 1. The van der Waals surface area contributed by atoms with E-state index in [0.29, 0.717) is 6.54 Å². The molecule has 1 aromatic carbocycles. The lowest BCUT2D eigenvalue weighted by Gasteiger charge is -2.26. The Kier molecular flexibility index (Phi) is 5.61. The Morgan fingerprint density at radius 1 is 1.22 bits per heavy atom. The fraction of sp³-hybridized carbons (Fsp3) is 0.571. The molecule has 2 rings (SSSR count). The fourth-order valence-corrected chi connectivity index (χ4v) is 2.09. The van der Waals surface area contributed by atoms with E-state index in [1.807, 2.05) is 30.3 Å². The molecule has 1 aliphatic heterocycles. The van der Waals surface area contributed by atoms with Crippen LogP contribution in [0.4, 0.5) is 0 Å². The van der Waals surface area contributed by atoms with Crippen LogP contribution in [0.2, 0.25) is 0 Å². The fourth-order valence-electron chi connectivity index (χ4n) is 2.09. The van der Waals surface area contributed by atoms with Crippen LogP contribution in [0.5, 0.6) is 0 Å². The van der Waals surface area contributed by atoms with Crippen molar-refractivity contribution in [2.24, 2.45) is 0 Å². The van der Waals surface area contributed by atoms with Crippen molar-refractivity contribution >= 4 is 0 Å². The zero-order chi connectivity index (χ0) is 12.6. The summed E-state index contributed by atoms with van der Waals surface area (Å²) in [5.41, 5.74) is 0.969. The number of hydrogen-bond donors (Lipinski definition) is 2. The molecular formula is C14H22N2O2. The number of aliphatic hydroxyl groups excluding tert-OH is 1. The second-order valence-electron chi connectivity index (χ2n) is 4.58. The van der Waals surface area contributed by atoms with Gasteiger partial charge in [-0.05, 0) is 5.56 Å². The van der Waals surface area contributed by atoms with E-state index < -0.39 is 6.10 Å². The maximum absolute atomic E-state index is 9.96. The minimum atomic E-state index is -0.420. The Hall–Kier alpha value is -0.940. The lowest BCUT2D eigenvalue weighted by atomic mass is 10.1. The van der Waals surface area contributed by atoms with Crippen molar-refractivity contribution < 1.29 is 9.84 Å². The molecule has 1 heterocycles. The van der Waals surface area contributed by atoms with Gasteiger partial charge in [-0.3, -0.25) is 4.90 Å². The lowest BCUT2D eigenvalue weighted by Crippen LogP contribution is -2.40. The minimum Gasteiger partial charge on any atom is -0.387 e. The second kappa shape index (κ2) is 7.48. The van der Waals surface area contributed by atoms with Gasteiger partial charge in [0.05, 0.1) is 19.3 Å². The zero-order valence-electron chi connectivity index (χ0n) is 10.7. The van der Waals surface area contributed by atoms with Gasteiger partial charge in [-0.2, -0.15) is 0 Å².